The summed E-state index contributed by atoms with van der Waals surface area (Å²) in [4.78, 5) is 6.41. The van der Waals surface area contributed by atoms with Gasteiger partial charge in [0.05, 0.1) is 12.3 Å². The fourth-order valence-corrected chi connectivity index (χ4v) is 4.84. The van der Waals surface area contributed by atoms with E-state index in [1.54, 1.807) is 16.1 Å². The van der Waals surface area contributed by atoms with Crippen LogP contribution in [0.5, 0.6) is 0 Å². The lowest BCUT2D eigenvalue weighted by Gasteiger charge is -2.26. The summed E-state index contributed by atoms with van der Waals surface area (Å²) in [7, 11) is 0.604. The standard InChI is InChI=1S/C16H26N4O2S2/c1-19(2)16(18-14-15-6-4-3-5-7-15)17-8-13-24(21,22)20-9-11-23-12-10-20/h3-7H,8-14H2,1-2H3,(H,17,18). The van der Waals surface area contributed by atoms with Gasteiger partial charge in [-0.3, -0.25) is 0 Å². The van der Waals surface area contributed by atoms with Crippen LogP contribution in [0.15, 0.2) is 35.3 Å². The van der Waals surface area contributed by atoms with Gasteiger partial charge in [-0.25, -0.2) is 17.7 Å². The van der Waals surface area contributed by atoms with Gasteiger partial charge in [-0.2, -0.15) is 11.8 Å². The second-order valence-corrected chi connectivity index (χ2v) is 9.09. The van der Waals surface area contributed by atoms with E-state index in [-0.39, 0.29) is 5.75 Å². The van der Waals surface area contributed by atoms with Gasteiger partial charge < -0.3 is 10.2 Å². The predicted octanol–water partition coefficient (Wildman–Crippen LogP) is 1.07. The summed E-state index contributed by atoms with van der Waals surface area (Å²) < 4.78 is 26.3. The normalized spacial score (nSPS) is 16.8. The number of nitrogens with one attached hydrogen (secondary N) is 1. The fourth-order valence-electron chi connectivity index (χ4n) is 2.35. The third-order valence-electron chi connectivity index (χ3n) is 3.68. The third-order valence-corrected chi connectivity index (χ3v) is 6.50. The maximum Gasteiger partial charge on any atom is 0.215 e. The molecule has 1 aliphatic rings. The maximum atomic E-state index is 12.3. The average Bonchev–Trinajstić information content (AvgIpc) is 2.59. The summed E-state index contributed by atoms with van der Waals surface area (Å²) in [5, 5.41) is 3.15. The first-order valence-corrected chi connectivity index (χ1v) is 10.8. The predicted molar refractivity (Wildman–Crippen MR) is 102 cm³/mol. The monoisotopic (exact) mass is 370 g/mol. The Hall–Kier alpha value is -1.25. The molecule has 1 aromatic carbocycles. The number of benzene rings is 1. The zero-order chi connectivity index (χ0) is 17.4. The first-order chi connectivity index (χ1) is 11.5. The lowest BCUT2D eigenvalue weighted by Crippen LogP contribution is -2.43. The van der Waals surface area contributed by atoms with Gasteiger partial charge in [0, 0.05) is 45.2 Å². The maximum absolute atomic E-state index is 12.3. The van der Waals surface area contributed by atoms with Gasteiger partial charge in [-0.1, -0.05) is 30.3 Å². The third kappa shape index (κ3) is 5.99. The molecule has 0 aliphatic carbocycles. The second-order valence-electron chi connectivity index (χ2n) is 5.77. The smallest absolute Gasteiger partial charge is 0.215 e. The molecule has 0 aromatic heterocycles. The second kappa shape index (κ2) is 9.29. The van der Waals surface area contributed by atoms with Gasteiger partial charge in [0.1, 0.15) is 0 Å². The van der Waals surface area contributed by atoms with Crippen LogP contribution in [-0.2, 0) is 16.6 Å². The molecule has 0 radical (unpaired) electrons. The molecule has 8 heteroatoms. The molecule has 1 fully saturated rings. The van der Waals surface area contributed by atoms with E-state index in [2.05, 4.69) is 10.3 Å². The van der Waals surface area contributed by atoms with Crippen LogP contribution in [0.3, 0.4) is 0 Å². The Labute approximate surface area is 149 Å². The molecule has 1 saturated heterocycles. The van der Waals surface area contributed by atoms with Crippen molar-refractivity contribution in [3.8, 4) is 0 Å². The van der Waals surface area contributed by atoms with Crippen LogP contribution in [0.2, 0.25) is 0 Å². The Balaban J connectivity index is 1.87. The molecule has 0 amide bonds. The van der Waals surface area contributed by atoms with Crippen molar-refractivity contribution in [2.45, 2.75) is 6.54 Å². The van der Waals surface area contributed by atoms with E-state index in [1.165, 1.54) is 0 Å². The number of rotatable bonds is 6. The highest BCUT2D eigenvalue weighted by atomic mass is 32.2. The highest BCUT2D eigenvalue weighted by Gasteiger charge is 2.23. The molecule has 6 nitrogen and oxygen atoms in total. The number of hydrogen-bond acceptors (Lipinski definition) is 4. The highest BCUT2D eigenvalue weighted by Crippen LogP contribution is 2.13. The van der Waals surface area contributed by atoms with E-state index in [0.29, 0.717) is 32.1 Å². The lowest BCUT2D eigenvalue weighted by molar-refractivity contribution is 0.443. The van der Waals surface area contributed by atoms with Crippen molar-refractivity contribution in [2.75, 3.05) is 51.0 Å². The van der Waals surface area contributed by atoms with Crippen molar-refractivity contribution < 1.29 is 8.42 Å². The minimum Gasteiger partial charge on any atom is -0.355 e. The Morgan fingerprint density at radius 3 is 2.54 bits per heavy atom. The van der Waals surface area contributed by atoms with Crippen molar-refractivity contribution in [1.29, 1.82) is 0 Å². The molecule has 0 atom stereocenters. The zero-order valence-electron chi connectivity index (χ0n) is 14.3. The zero-order valence-corrected chi connectivity index (χ0v) is 15.9. The minimum absolute atomic E-state index is 0.0931. The molecule has 1 N–H and O–H groups in total. The van der Waals surface area contributed by atoms with Crippen molar-refractivity contribution >= 4 is 27.7 Å². The average molecular weight is 371 g/mol. The van der Waals surface area contributed by atoms with E-state index in [4.69, 9.17) is 0 Å². The first kappa shape index (κ1) is 19.1. The van der Waals surface area contributed by atoms with Crippen LogP contribution in [-0.4, -0.2) is 74.6 Å². The van der Waals surface area contributed by atoms with Crippen LogP contribution in [0.4, 0.5) is 0 Å². The van der Waals surface area contributed by atoms with E-state index in [1.807, 2.05) is 49.3 Å². The number of thioether (sulfide) groups is 1. The number of aliphatic imine (C=N–C) groups is 1. The molecule has 24 heavy (non-hydrogen) atoms. The summed E-state index contributed by atoms with van der Waals surface area (Å²) in [5.74, 6) is 2.56. The van der Waals surface area contributed by atoms with Crippen LogP contribution in [0.1, 0.15) is 5.56 Å². The largest absolute Gasteiger partial charge is 0.355 e. The summed E-state index contributed by atoms with van der Waals surface area (Å²) in [6.07, 6.45) is 0. The molecule has 2 rings (SSSR count). The van der Waals surface area contributed by atoms with Gasteiger partial charge in [-0.05, 0) is 5.56 Å². The van der Waals surface area contributed by atoms with Crippen LogP contribution in [0, 0.1) is 0 Å². The molecule has 0 spiro atoms. The molecule has 0 bridgehead atoms. The Morgan fingerprint density at radius 2 is 1.92 bits per heavy atom. The Kier molecular flexibility index (Phi) is 7.39. The quantitative estimate of drug-likeness (QED) is 0.599. The van der Waals surface area contributed by atoms with Crippen molar-refractivity contribution in [3.63, 3.8) is 0 Å². The molecule has 1 aliphatic heterocycles. The summed E-state index contributed by atoms with van der Waals surface area (Å²) in [5.41, 5.74) is 1.12. The van der Waals surface area contributed by atoms with Gasteiger partial charge in [-0.15, -0.1) is 0 Å². The summed E-state index contributed by atoms with van der Waals surface area (Å²) >= 11 is 1.80. The molecular formula is C16H26N4O2S2. The minimum atomic E-state index is -3.19. The van der Waals surface area contributed by atoms with Crippen molar-refractivity contribution in [3.05, 3.63) is 35.9 Å². The summed E-state index contributed by atoms with van der Waals surface area (Å²) in [6.45, 7) is 2.17. The van der Waals surface area contributed by atoms with Crippen molar-refractivity contribution in [1.82, 2.24) is 14.5 Å². The lowest BCUT2D eigenvalue weighted by atomic mass is 10.2. The van der Waals surface area contributed by atoms with Gasteiger partial charge >= 0.3 is 0 Å². The van der Waals surface area contributed by atoms with E-state index >= 15 is 0 Å². The van der Waals surface area contributed by atoms with E-state index < -0.39 is 10.0 Å². The van der Waals surface area contributed by atoms with E-state index in [9.17, 15) is 8.42 Å². The van der Waals surface area contributed by atoms with Crippen LogP contribution in [0.25, 0.3) is 0 Å². The SMILES string of the molecule is CN(C)C(=NCc1ccccc1)NCCS(=O)(=O)N1CCSCC1. The van der Waals surface area contributed by atoms with E-state index in [0.717, 1.165) is 17.1 Å². The number of nitrogens with zero attached hydrogens (tertiary/aromatic N) is 3. The van der Waals surface area contributed by atoms with Crippen LogP contribution >= 0.6 is 11.8 Å². The number of guanidine groups is 1. The Morgan fingerprint density at radius 1 is 1.25 bits per heavy atom. The molecule has 1 aromatic rings. The number of sulfonamides is 1. The molecule has 0 unspecified atom stereocenters. The Bertz CT molecular complexity index is 627. The first-order valence-electron chi connectivity index (χ1n) is 8.04. The molecule has 0 saturated carbocycles. The van der Waals surface area contributed by atoms with Gasteiger partial charge in [0.2, 0.25) is 10.0 Å². The summed E-state index contributed by atoms with van der Waals surface area (Å²) in [6, 6.07) is 9.99. The van der Waals surface area contributed by atoms with Gasteiger partial charge in [0.15, 0.2) is 5.96 Å². The molecule has 1 heterocycles. The molecule has 134 valence electrons. The fraction of sp³-hybridized carbons (Fsp3) is 0.562. The van der Waals surface area contributed by atoms with Gasteiger partial charge in [0.25, 0.3) is 0 Å². The highest BCUT2D eigenvalue weighted by molar-refractivity contribution is 7.99. The van der Waals surface area contributed by atoms with Crippen LogP contribution < -0.4 is 5.32 Å². The molecular weight excluding hydrogens is 344 g/mol. The van der Waals surface area contributed by atoms with Crippen molar-refractivity contribution in [2.24, 2.45) is 4.99 Å². The topological polar surface area (TPSA) is 65.0 Å². The number of hydrogen-bond donors (Lipinski definition) is 1.